The first-order chi connectivity index (χ1) is 10.8. The maximum Gasteiger partial charge on any atom is 0.0524 e. The summed E-state index contributed by atoms with van der Waals surface area (Å²) in [6.07, 6.45) is 4.37. The minimum atomic E-state index is 0.479. The number of nitrogens with zero attached hydrogens (tertiary/aromatic N) is 2. The van der Waals surface area contributed by atoms with Crippen LogP contribution in [0.3, 0.4) is 0 Å². The summed E-state index contributed by atoms with van der Waals surface area (Å²) in [5, 5.41) is 0. The summed E-state index contributed by atoms with van der Waals surface area (Å²) >= 11 is 0. The Morgan fingerprint density at radius 2 is 1.82 bits per heavy atom. The third-order valence-corrected chi connectivity index (χ3v) is 4.28. The first-order valence-corrected chi connectivity index (χ1v) is 8.16. The molecule has 0 radical (unpaired) electrons. The van der Waals surface area contributed by atoms with Crippen LogP contribution in [0.5, 0.6) is 0 Å². The molecule has 0 N–H and O–H groups in total. The van der Waals surface area contributed by atoms with Crippen molar-refractivity contribution in [3.63, 3.8) is 0 Å². The monoisotopic (exact) mass is 292 g/mol. The number of benzene rings is 2. The van der Waals surface area contributed by atoms with Crippen LogP contribution >= 0.6 is 0 Å². The predicted octanol–water partition coefficient (Wildman–Crippen LogP) is 4.08. The van der Waals surface area contributed by atoms with Gasteiger partial charge in [-0.2, -0.15) is 0 Å². The zero-order valence-corrected chi connectivity index (χ0v) is 13.3. The molecule has 1 heterocycles. The summed E-state index contributed by atoms with van der Waals surface area (Å²) in [5.74, 6) is 0. The second-order valence-electron chi connectivity index (χ2n) is 6.19. The van der Waals surface area contributed by atoms with Crippen molar-refractivity contribution in [2.75, 3.05) is 13.1 Å². The van der Waals surface area contributed by atoms with E-state index in [-0.39, 0.29) is 0 Å². The lowest BCUT2D eigenvalue weighted by Gasteiger charge is -2.30. The number of likely N-dealkylation sites (tertiary alicyclic amines) is 1. The lowest BCUT2D eigenvalue weighted by Crippen LogP contribution is -2.34. The Hall–Kier alpha value is -1.93. The van der Waals surface area contributed by atoms with Gasteiger partial charge in [0.2, 0.25) is 0 Å². The van der Waals surface area contributed by atoms with Crippen molar-refractivity contribution >= 4 is 6.21 Å². The van der Waals surface area contributed by atoms with Crippen LogP contribution in [0.1, 0.15) is 29.5 Å². The first kappa shape index (κ1) is 15.0. The lowest BCUT2D eigenvalue weighted by atomic mass is 10.0. The third-order valence-electron chi connectivity index (χ3n) is 4.28. The predicted molar refractivity (Wildman–Crippen MR) is 93.5 cm³/mol. The van der Waals surface area contributed by atoms with E-state index in [0.29, 0.717) is 6.04 Å². The highest BCUT2D eigenvalue weighted by Gasteiger charge is 2.17. The highest BCUT2D eigenvalue weighted by molar-refractivity contribution is 5.79. The maximum absolute atomic E-state index is 4.78. The largest absolute Gasteiger partial charge is 0.299 e. The molecule has 2 heteroatoms. The summed E-state index contributed by atoms with van der Waals surface area (Å²) in [5.41, 5.74) is 3.91. The van der Waals surface area contributed by atoms with E-state index in [0.717, 1.165) is 32.5 Å². The summed E-state index contributed by atoms with van der Waals surface area (Å²) in [4.78, 5) is 7.32. The van der Waals surface area contributed by atoms with E-state index >= 15 is 0 Å². The van der Waals surface area contributed by atoms with Gasteiger partial charge in [-0.15, -0.1) is 0 Å². The van der Waals surface area contributed by atoms with Gasteiger partial charge in [0.1, 0.15) is 0 Å². The van der Waals surface area contributed by atoms with E-state index in [1.54, 1.807) is 0 Å². The van der Waals surface area contributed by atoms with E-state index < -0.39 is 0 Å². The number of rotatable bonds is 4. The van der Waals surface area contributed by atoms with E-state index in [2.05, 4.69) is 66.4 Å². The fourth-order valence-corrected chi connectivity index (χ4v) is 3.01. The van der Waals surface area contributed by atoms with Gasteiger partial charge in [-0.1, -0.05) is 60.2 Å². The molecule has 0 atom stereocenters. The van der Waals surface area contributed by atoms with Crippen LogP contribution in [-0.2, 0) is 6.54 Å². The van der Waals surface area contributed by atoms with Crippen molar-refractivity contribution in [1.29, 1.82) is 0 Å². The van der Waals surface area contributed by atoms with Crippen LogP contribution in [-0.4, -0.2) is 30.2 Å². The van der Waals surface area contributed by atoms with Gasteiger partial charge in [0, 0.05) is 25.8 Å². The average molecular weight is 292 g/mol. The van der Waals surface area contributed by atoms with Crippen LogP contribution in [0.2, 0.25) is 0 Å². The van der Waals surface area contributed by atoms with Crippen LogP contribution in [0.4, 0.5) is 0 Å². The smallest absolute Gasteiger partial charge is 0.0524 e. The molecular weight excluding hydrogens is 268 g/mol. The van der Waals surface area contributed by atoms with Crippen LogP contribution in [0.25, 0.3) is 0 Å². The summed E-state index contributed by atoms with van der Waals surface area (Å²) in [7, 11) is 0. The molecule has 1 aliphatic heterocycles. The fraction of sp³-hybridized carbons (Fsp3) is 0.350. The average Bonchev–Trinajstić information content (AvgIpc) is 2.55. The van der Waals surface area contributed by atoms with Gasteiger partial charge in [0.15, 0.2) is 0 Å². The molecule has 0 unspecified atom stereocenters. The van der Waals surface area contributed by atoms with Gasteiger partial charge in [0.25, 0.3) is 0 Å². The Kier molecular flexibility index (Phi) is 5.02. The Balaban J connectivity index is 1.49. The van der Waals surface area contributed by atoms with Crippen molar-refractivity contribution < 1.29 is 0 Å². The highest BCUT2D eigenvalue weighted by Crippen LogP contribution is 2.16. The number of hydrogen-bond donors (Lipinski definition) is 0. The standard InChI is InChI=1S/C20H24N2/c1-17-6-5-9-19(14-17)15-21-20-10-12-22(13-11-20)16-18-7-3-2-4-8-18/h2-9,14-15,20H,10-13,16H2,1H3. The van der Waals surface area contributed by atoms with Crippen LogP contribution in [0.15, 0.2) is 59.6 Å². The van der Waals surface area contributed by atoms with E-state index in [1.807, 2.05) is 6.21 Å². The van der Waals surface area contributed by atoms with Gasteiger partial charge in [0.05, 0.1) is 6.04 Å². The summed E-state index contributed by atoms with van der Waals surface area (Å²) in [6.45, 7) is 5.48. The number of piperidine rings is 1. The molecule has 22 heavy (non-hydrogen) atoms. The van der Waals surface area contributed by atoms with Crippen LogP contribution < -0.4 is 0 Å². The SMILES string of the molecule is Cc1cccc(C=NC2CCN(Cc3ccccc3)CC2)c1. The van der Waals surface area contributed by atoms with Crippen molar-refractivity contribution in [3.8, 4) is 0 Å². The Morgan fingerprint density at radius 3 is 2.55 bits per heavy atom. The molecule has 3 rings (SSSR count). The Bertz CT molecular complexity index is 611. The fourth-order valence-electron chi connectivity index (χ4n) is 3.01. The van der Waals surface area contributed by atoms with Crippen molar-refractivity contribution in [2.45, 2.75) is 32.4 Å². The second kappa shape index (κ2) is 7.37. The Labute approximate surface area is 133 Å². The van der Waals surface area contributed by atoms with Crippen molar-refractivity contribution in [1.82, 2.24) is 4.90 Å². The van der Waals surface area contributed by atoms with Gasteiger partial charge in [-0.25, -0.2) is 0 Å². The second-order valence-corrected chi connectivity index (χ2v) is 6.19. The minimum absolute atomic E-state index is 0.479. The molecule has 2 nitrogen and oxygen atoms in total. The molecule has 1 fully saturated rings. The topological polar surface area (TPSA) is 15.6 Å². The molecule has 0 bridgehead atoms. The van der Waals surface area contributed by atoms with E-state index in [4.69, 9.17) is 4.99 Å². The van der Waals surface area contributed by atoms with Crippen molar-refractivity contribution in [2.24, 2.45) is 4.99 Å². The molecule has 0 spiro atoms. The van der Waals surface area contributed by atoms with Gasteiger partial charge >= 0.3 is 0 Å². The highest BCUT2D eigenvalue weighted by atomic mass is 15.1. The lowest BCUT2D eigenvalue weighted by molar-refractivity contribution is 0.206. The molecule has 0 aliphatic carbocycles. The van der Waals surface area contributed by atoms with Gasteiger partial charge < -0.3 is 0 Å². The van der Waals surface area contributed by atoms with Gasteiger partial charge in [-0.3, -0.25) is 9.89 Å². The number of hydrogen-bond acceptors (Lipinski definition) is 2. The summed E-state index contributed by atoms with van der Waals surface area (Å²) < 4.78 is 0. The molecular formula is C20H24N2. The molecule has 0 amide bonds. The quantitative estimate of drug-likeness (QED) is 0.775. The normalized spacial score (nSPS) is 17.1. The maximum atomic E-state index is 4.78. The Morgan fingerprint density at radius 1 is 1.05 bits per heavy atom. The zero-order chi connectivity index (χ0) is 15.2. The molecule has 2 aromatic rings. The molecule has 2 aromatic carbocycles. The van der Waals surface area contributed by atoms with Crippen LogP contribution in [0, 0.1) is 6.92 Å². The minimum Gasteiger partial charge on any atom is -0.299 e. The molecule has 114 valence electrons. The van der Waals surface area contributed by atoms with Crippen molar-refractivity contribution in [3.05, 3.63) is 71.3 Å². The number of aryl methyl sites for hydroxylation is 1. The van der Waals surface area contributed by atoms with E-state index in [9.17, 15) is 0 Å². The third kappa shape index (κ3) is 4.28. The molecule has 1 saturated heterocycles. The number of aliphatic imine (C=N–C) groups is 1. The molecule has 1 aliphatic rings. The summed E-state index contributed by atoms with van der Waals surface area (Å²) in [6, 6.07) is 19.8. The van der Waals surface area contributed by atoms with Gasteiger partial charge in [-0.05, 0) is 30.9 Å². The van der Waals surface area contributed by atoms with E-state index in [1.165, 1.54) is 16.7 Å². The first-order valence-electron chi connectivity index (χ1n) is 8.16. The zero-order valence-electron chi connectivity index (χ0n) is 13.3. The molecule has 0 saturated carbocycles. The molecule has 0 aromatic heterocycles.